The van der Waals surface area contributed by atoms with Crippen molar-refractivity contribution in [2.24, 2.45) is 0 Å². The first kappa shape index (κ1) is 17.7. The molecule has 2 rings (SSSR count). The van der Waals surface area contributed by atoms with E-state index < -0.39 is 12.1 Å². The summed E-state index contributed by atoms with van der Waals surface area (Å²) in [4.78, 5) is 30.1. The number of hydrogen-bond donors (Lipinski definition) is 0. The maximum absolute atomic E-state index is 12.4. The number of aromatic nitrogens is 1. The standard InChI is InChI=1S/C17H16ClN3O3/c1-11(16(22)21(2)9-5-8-19)24-17(23)13-10-15(18)20-14-7-4-3-6-12(13)14/h3-4,6-7,10-11H,5,9H2,1-2H3/t11-/m1/s1. The van der Waals surface area contributed by atoms with Crippen LogP contribution < -0.4 is 0 Å². The summed E-state index contributed by atoms with van der Waals surface area (Å²) < 4.78 is 5.26. The average Bonchev–Trinajstić information content (AvgIpc) is 2.57. The summed E-state index contributed by atoms with van der Waals surface area (Å²) in [7, 11) is 1.56. The number of carbonyl (C=O) groups excluding carboxylic acids is 2. The number of para-hydroxylation sites is 1. The van der Waals surface area contributed by atoms with Crippen LogP contribution in [-0.4, -0.2) is 41.5 Å². The molecule has 0 saturated carbocycles. The third-order valence-electron chi connectivity index (χ3n) is 3.47. The molecule has 1 atom stereocenters. The number of nitriles is 1. The molecule has 0 spiro atoms. The van der Waals surface area contributed by atoms with Crippen molar-refractivity contribution in [2.45, 2.75) is 19.4 Å². The molecule has 2 aromatic rings. The van der Waals surface area contributed by atoms with Crippen LogP contribution in [0.15, 0.2) is 30.3 Å². The summed E-state index contributed by atoms with van der Waals surface area (Å²) >= 11 is 5.95. The zero-order chi connectivity index (χ0) is 17.7. The largest absolute Gasteiger partial charge is 0.449 e. The third-order valence-corrected chi connectivity index (χ3v) is 3.67. The molecule has 0 bridgehead atoms. The Morgan fingerprint density at radius 3 is 2.83 bits per heavy atom. The molecular formula is C17H16ClN3O3. The molecule has 0 N–H and O–H groups in total. The van der Waals surface area contributed by atoms with E-state index >= 15 is 0 Å². The van der Waals surface area contributed by atoms with Crippen LogP contribution in [0.5, 0.6) is 0 Å². The van der Waals surface area contributed by atoms with Gasteiger partial charge in [0.1, 0.15) is 5.15 Å². The van der Waals surface area contributed by atoms with Gasteiger partial charge in [-0.25, -0.2) is 9.78 Å². The van der Waals surface area contributed by atoms with Gasteiger partial charge in [-0.05, 0) is 19.1 Å². The molecule has 0 radical (unpaired) electrons. The van der Waals surface area contributed by atoms with Gasteiger partial charge in [-0.2, -0.15) is 5.26 Å². The Labute approximate surface area is 144 Å². The molecule has 0 fully saturated rings. The predicted molar refractivity (Wildman–Crippen MR) is 89.5 cm³/mol. The average molecular weight is 346 g/mol. The summed E-state index contributed by atoms with van der Waals surface area (Å²) in [5.41, 5.74) is 0.826. The second-order valence-corrected chi connectivity index (χ2v) is 5.61. The highest BCUT2D eigenvalue weighted by molar-refractivity contribution is 6.30. The van der Waals surface area contributed by atoms with Gasteiger partial charge in [0.2, 0.25) is 0 Å². The highest BCUT2D eigenvalue weighted by Crippen LogP contribution is 2.22. The zero-order valence-corrected chi connectivity index (χ0v) is 14.1. The quantitative estimate of drug-likeness (QED) is 0.614. The van der Waals surface area contributed by atoms with Gasteiger partial charge in [-0.15, -0.1) is 0 Å². The summed E-state index contributed by atoms with van der Waals surface area (Å²) in [5.74, 6) is -1.02. The fourth-order valence-corrected chi connectivity index (χ4v) is 2.42. The number of pyridine rings is 1. The van der Waals surface area contributed by atoms with Crippen LogP contribution in [0.1, 0.15) is 23.7 Å². The minimum Gasteiger partial charge on any atom is -0.449 e. The first-order valence-corrected chi connectivity index (χ1v) is 7.70. The summed E-state index contributed by atoms with van der Waals surface area (Å²) in [5, 5.41) is 9.34. The Morgan fingerprint density at radius 2 is 2.12 bits per heavy atom. The van der Waals surface area contributed by atoms with Crippen LogP contribution in [0.3, 0.4) is 0 Å². The van der Waals surface area contributed by atoms with Crippen molar-refractivity contribution in [1.29, 1.82) is 5.26 Å². The fraction of sp³-hybridized carbons (Fsp3) is 0.294. The van der Waals surface area contributed by atoms with Gasteiger partial charge in [0.05, 0.1) is 23.6 Å². The lowest BCUT2D eigenvalue weighted by molar-refractivity contribution is -0.138. The van der Waals surface area contributed by atoms with Gasteiger partial charge < -0.3 is 9.64 Å². The number of amides is 1. The van der Waals surface area contributed by atoms with Gasteiger partial charge in [-0.3, -0.25) is 4.79 Å². The molecule has 0 unspecified atom stereocenters. The van der Waals surface area contributed by atoms with Crippen molar-refractivity contribution < 1.29 is 14.3 Å². The van der Waals surface area contributed by atoms with E-state index in [1.807, 2.05) is 6.07 Å². The Hall–Kier alpha value is -2.65. The highest BCUT2D eigenvalue weighted by Gasteiger charge is 2.23. The third kappa shape index (κ3) is 4.00. The first-order valence-electron chi connectivity index (χ1n) is 7.32. The predicted octanol–water partition coefficient (Wildman–Crippen LogP) is 2.81. The van der Waals surface area contributed by atoms with Crippen molar-refractivity contribution in [3.8, 4) is 6.07 Å². The van der Waals surface area contributed by atoms with Crippen molar-refractivity contribution in [2.75, 3.05) is 13.6 Å². The van der Waals surface area contributed by atoms with Crippen LogP contribution in [0.4, 0.5) is 0 Å². The molecule has 6 nitrogen and oxygen atoms in total. The van der Waals surface area contributed by atoms with E-state index in [1.54, 1.807) is 31.3 Å². The summed E-state index contributed by atoms with van der Waals surface area (Å²) in [6, 6.07) is 10.4. The van der Waals surface area contributed by atoms with Crippen LogP contribution in [-0.2, 0) is 9.53 Å². The van der Waals surface area contributed by atoms with Gasteiger partial charge in [0, 0.05) is 19.0 Å². The minimum absolute atomic E-state index is 0.172. The minimum atomic E-state index is -0.966. The maximum Gasteiger partial charge on any atom is 0.339 e. The molecule has 24 heavy (non-hydrogen) atoms. The number of esters is 1. The molecular weight excluding hydrogens is 330 g/mol. The smallest absolute Gasteiger partial charge is 0.339 e. The van der Waals surface area contributed by atoms with Crippen LogP contribution in [0.2, 0.25) is 5.15 Å². The normalized spacial score (nSPS) is 11.6. The number of nitrogens with zero attached hydrogens (tertiary/aromatic N) is 3. The van der Waals surface area contributed by atoms with E-state index in [4.69, 9.17) is 21.6 Å². The lowest BCUT2D eigenvalue weighted by Gasteiger charge is -2.20. The summed E-state index contributed by atoms with van der Waals surface area (Å²) in [6.45, 7) is 1.77. The number of carbonyl (C=O) groups is 2. The molecule has 0 saturated heterocycles. The lowest BCUT2D eigenvalue weighted by atomic mass is 10.1. The second-order valence-electron chi connectivity index (χ2n) is 5.23. The van der Waals surface area contributed by atoms with E-state index in [0.29, 0.717) is 10.9 Å². The number of likely N-dealkylation sites (N-methyl/N-ethyl adjacent to an activating group) is 1. The van der Waals surface area contributed by atoms with Gasteiger partial charge in [-0.1, -0.05) is 29.8 Å². The molecule has 124 valence electrons. The second kappa shape index (κ2) is 7.75. The van der Waals surface area contributed by atoms with Crippen molar-refractivity contribution in [1.82, 2.24) is 9.88 Å². The summed E-state index contributed by atoms with van der Waals surface area (Å²) in [6.07, 6.45) is -0.750. The monoisotopic (exact) mass is 345 g/mol. The topological polar surface area (TPSA) is 83.3 Å². The van der Waals surface area contributed by atoms with E-state index in [-0.39, 0.29) is 29.6 Å². The number of benzene rings is 1. The lowest BCUT2D eigenvalue weighted by Crippen LogP contribution is -2.37. The molecule has 1 aromatic carbocycles. The van der Waals surface area contributed by atoms with Gasteiger partial charge in [0.25, 0.3) is 5.91 Å². The van der Waals surface area contributed by atoms with Crippen LogP contribution in [0, 0.1) is 11.3 Å². The fourth-order valence-electron chi connectivity index (χ4n) is 2.22. The van der Waals surface area contributed by atoms with Gasteiger partial charge >= 0.3 is 5.97 Å². The molecule has 1 heterocycles. The maximum atomic E-state index is 12.4. The zero-order valence-electron chi connectivity index (χ0n) is 13.3. The molecule has 0 aliphatic heterocycles. The van der Waals surface area contributed by atoms with Crippen molar-refractivity contribution in [3.63, 3.8) is 0 Å². The number of ether oxygens (including phenoxy) is 1. The Balaban J connectivity index is 2.18. The van der Waals surface area contributed by atoms with Crippen LogP contribution >= 0.6 is 11.6 Å². The Kier molecular flexibility index (Phi) is 5.72. The molecule has 0 aliphatic rings. The number of rotatable bonds is 5. The van der Waals surface area contributed by atoms with Crippen molar-refractivity contribution in [3.05, 3.63) is 41.0 Å². The molecule has 1 amide bonds. The molecule has 7 heteroatoms. The number of fused-ring (bicyclic) bond motifs is 1. The van der Waals surface area contributed by atoms with E-state index in [9.17, 15) is 9.59 Å². The van der Waals surface area contributed by atoms with Crippen LogP contribution in [0.25, 0.3) is 10.9 Å². The van der Waals surface area contributed by atoms with Crippen molar-refractivity contribution >= 4 is 34.4 Å². The highest BCUT2D eigenvalue weighted by atomic mass is 35.5. The number of hydrogen-bond acceptors (Lipinski definition) is 5. The van der Waals surface area contributed by atoms with E-state index in [2.05, 4.69) is 4.98 Å². The first-order chi connectivity index (χ1) is 11.4. The molecule has 0 aliphatic carbocycles. The Morgan fingerprint density at radius 1 is 1.42 bits per heavy atom. The molecule has 1 aromatic heterocycles. The van der Waals surface area contributed by atoms with E-state index in [0.717, 1.165) is 0 Å². The van der Waals surface area contributed by atoms with Gasteiger partial charge in [0.15, 0.2) is 6.10 Å². The van der Waals surface area contributed by atoms with E-state index in [1.165, 1.54) is 17.9 Å². The Bertz CT molecular complexity index is 816. The number of halogens is 1. The SMILES string of the molecule is C[C@@H](OC(=O)c1cc(Cl)nc2ccccc12)C(=O)N(C)CCC#N.